The maximum atomic E-state index is 12.7. The molecule has 4 rings (SSSR count). The van der Waals surface area contributed by atoms with Crippen molar-refractivity contribution < 1.29 is 4.79 Å². The molecule has 1 aliphatic carbocycles. The van der Waals surface area contributed by atoms with E-state index in [1.807, 2.05) is 16.8 Å². The van der Waals surface area contributed by atoms with E-state index in [9.17, 15) is 4.79 Å². The van der Waals surface area contributed by atoms with Gasteiger partial charge in [-0.25, -0.2) is 4.98 Å². The Balaban J connectivity index is 1.56. The van der Waals surface area contributed by atoms with E-state index in [0.717, 1.165) is 41.9 Å². The third kappa shape index (κ3) is 3.84. The molecule has 3 aromatic rings. The Morgan fingerprint density at radius 2 is 2.14 bits per heavy atom. The molecule has 6 nitrogen and oxygen atoms in total. The van der Waals surface area contributed by atoms with E-state index < -0.39 is 0 Å². The molecule has 0 saturated heterocycles. The summed E-state index contributed by atoms with van der Waals surface area (Å²) in [5.41, 5.74) is 3.93. The highest BCUT2D eigenvalue weighted by atomic mass is 32.1. The van der Waals surface area contributed by atoms with E-state index in [1.54, 1.807) is 30.3 Å². The summed E-state index contributed by atoms with van der Waals surface area (Å²) >= 11 is 1.76. The van der Waals surface area contributed by atoms with Crippen molar-refractivity contribution >= 4 is 27.5 Å². The first kappa shape index (κ1) is 19.8. The van der Waals surface area contributed by atoms with Crippen LogP contribution in [-0.2, 0) is 25.9 Å². The quantitative estimate of drug-likeness (QED) is 0.586. The van der Waals surface area contributed by atoms with E-state index in [-0.39, 0.29) is 5.91 Å². The van der Waals surface area contributed by atoms with Gasteiger partial charge in [-0.15, -0.1) is 17.9 Å². The van der Waals surface area contributed by atoms with Crippen LogP contribution in [0.5, 0.6) is 0 Å². The number of carbonyl (C=O) groups excluding carboxylic acids is 1. The number of aromatic nitrogens is 3. The van der Waals surface area contributed by atoms with Gasteiger partial charge in [0.15, 0.2) is 5.69 Å². The highest BCUT2D eigenvalue weighted by molar-refractivity contribution is 7.18. The largest absolute Gasteiger partial charge is 0.343 e. The fraction of sp³-hybridized carbons (Fsp3) is 0.409. The van der Waals surface area contributed by atoms with Crippen LogP contribution in [0.1, 0.15) is 33.2 Å². The number of amides is 1. The molecule has 29 heavy (non-hydrogen) atoms. The van der Waals surface area contributed by atoms with Gasteiger partial charge < -0.3 is 4.90 Å². The van der Waals surface area contributed by atoms with Crippen LogP contribution in [0.4, 0.5) is 0 Å². The molecule has 0 N–H and O–H groups in total. The van der Waals surface area contributed by atoms with Crippen LogP contribution in [0.2, 0.25) is 0 Å². The minimum absolute atomic E-state index is 0.0291. The van der Waals surface area contributed by atoms with Crippen LogP contribution in [0.25, 0.3) is 10.2 Å². The lowest BCUT2D eigenvalue weighted by atomic mass is 9.90. The van der Waals surface area contributed by atoms with Gasteiger partial charge in [0, 0.05) is 31.4 Å². The van der Waals surface area contributed by atoms with Crippen molar-refractivity contribution in [2.75, 3.05) is 21.1 Å². The van der Waals surface area contributed by atoms with E-state index >= 15 is 0 Å². The third-order valence-electron chi connectivity index (χ3n) is 5.58. The fourth-order valence-electron chi connectivity index (χ4n) is 4.03. The predicted molar refractivity (Wildman–Crippen MR) is 117 cm³/mol. The lowest BCUT2D eigenvalue weighted by molar-refractivity contribution is 0.0819. The summed E-state index contributed by atoms with van der Waals surface area (Å²) in [6.45, 7) is 5.28. The van der Waals surface area contributed by atoms with E-state index in [0.29, 0.717) is 18.3 Å². The van der Waals surface area contributed by atoms with Gasteiger partial charge >= 0.3 is 0 Å². The van der Waals surface area contributed by atoms with Gasteiger partial charge in [-0.2, -0.15) is 5.10 Å². The number of nitrogens with zero attached hydrogens (tertiary/aromatic N) is 5. The number of carbonyl (C=O) groups is 1. The standard InChI is InChI=1S/C22H27N5OS/c1-5-12-27-18-11-10-15(13-16(18)21(24-27)22(28)25(2)3)26(4)14-20-23-17-8-6-7-9-19(17)29-20/h5-9,15H,1,10-14H2,2-4H3. The number of para-hydroxylation sites is 1. The summed E-state index contributed by atoms with van der Waals surface area (Å²) in [5.74, 6) is -0.0291. The molecule has 1 atom stereocenters. The molecule has 152 valence electrons. The molecule has 2 aromatic heterocycles. The number of hydrogen-bond acceptors (Lipinski definition) is 5. The molecule has 0 saturated carbocycles. The van der Waals surface area contributed by atoms with Crippen LogP contribution in [0, 0.1) is 0 Å². The Kier molecular flexibility index (Phi) is 5.52. The summed E-state index contributed by atoms with van der Waals surface area (Å²) in [6.07, 6.45) is 4.64. The number of allylic oxidation sites excluding steroid dienone is 1. The summed E-state index contributed by atoms with van der Waals surface area (Å²) < 4.78 is 3.18. The van der Waals surface area contributed by atoms with Crippen molar-refractivity contribution in [1.29, 1.82) is 0 Å². The minimum atomic E-state index is -0.0291. The molecule has 0 spiro atoms. The monoisotopic (exact) mass is 409 g/mol. The molecule has 1 amide bonds. The summed E-state index contributed by atoms with van der Waals surface area (Å²) in [6, 6.07) is 8.64. The Bertz CT molecular complexity index is 1020. The second kappa shape index (κ2) is 8.08. The van der Waals surface area contributed by atoms with Gasteiger partial charge in [0.25, 0.3) is 5.91 Å². The highest BCUT2D eigenvalue weighted by Gasteiger charge is 2.31. The number of fused-ring (bicyclic) bond motifs is 2. The molecule has 1 unspecified atom stereocenters. The van der Waals surface area contributed by atoms with Crippen molar-refractivity contribution in [3.05, 3.63) is 58.9 Å². The molecular weight excluding hydrogens is 382 g/mol. The third-order valence-corrected chi connectivity index (χ3v) is 6.60. The smallest absolute Gasteiger partial charge is 0.274 e. The maximum absolute atomic E-state index is 12.7. The van der Waals surface area contributed by atoms with Crippen molar-refractivity contribution in [2.45, 2.75) is 38.4 Å². The van der Waals surface area contributed by atoms with Gasteiger partial charge in [-0.3, -0.25) is 14.4 Å². The molecular formula is C22H27N5OS. The average molecular weight is 410 g/mol. The lowest BCUT2D eigenvalue weighted by Gasteiger charge is -2.31. The van der Waals surface area contributed by atoms with Crippen LogP contribution in [0.15, 0.2) is 36.9 Å². The molecule has 0 fully saturated rings. The zero-order chi connectivity index (χ0) is 20.5. The van der Waals surface area contributed by atoms with Gasteiger partial charge in [-0.05, 0) is 38.4 Å². The Hall–Kier alpha value is -2.51. The summed E-state index contributed by atoms with van der Waals surface area (Å²) in [7, 11) is 5.71. The number of hydrogen-bond donors (Lipinski definition) is 0. The first-order valence-corrected chi connectivity index (χ1v) is 10.8. The number of benzene rings is 1. The average Bonchev–Trinajstić information content (AvgIpc) is 3.28. The lowest BCUT2D eigenvalue weighted by Crippen LogP contribution is -2.37. The number of rotatable bonds is 6. The van der Waals surface area contributed by atoms with Crippen molar-refractivity contribution in [3.8, 4) is 0 Å². The molecule has 1 aromatic carbocycles. The van der Waals surface area contributed by atoms with Crippen molar-refractivity contribution in [2.24, 2.45) is 0 Å². The first-order chi connectivity index (χ1) is 14.0. The topological polar surface area (TPSA) is 54.3 Å². The predicted octanol–water partition coefficient (Wildman–Crippen LogP) is 3.37. The van der Waals surface area contributed by atoms with E-state index in [2.05, 4.69) is 41.8 Å². The number of thiazole rings is 1. The Labute approximate surface area is 175 Å². The van der Waals surface area contributed by atoms with Crippen molar-refractivity contribution in [3.63, 3.8) is 0 Å². The van der Waals surface area contributed by atoms with Crippen molar-refractivity contribution in [1.82, 2.24) is 24.6 Å². The van der Waals surface area contributed by atoms with Crippen LogP contribution in [0.3, 0.4) is 0 Å². The zero-order valence-electron chi connectivity index (χ0n) is 17.3. The van der Waals surface area contributed by atoms with Crippen LogP contribution >= 0.6 is 11.3 Å². The number of likely N-dealkylation sites (N-methyl/N-ethyl adjacent to an activating group) is 1. The summed E-state index contributed by atoms with van der Waals surface area (Å²) in [5, 5.41) is 5.77. The van der Waals surface area contributed by atoms with Gasteiger partial charge in [0.1, 0.15) is 5.01 Å². The molecule has 1 aliphatic rings. The van der Waals surface area contributed by atoms with Crippen LogP contribution < -0.4 is 0 Å². The minimum Gasteiger partial charge on any atom is -0.343 e. The second-order valence-corrected chi connectivity index (χ2v) is 8.95. The van der Waals surface area contributed by atoms with Gasteiger partial charge in [0.2, 0.25) is 0 Å². The normalized spacial score (nSPS) is 16.2. The molecule has 0 bridgehead atoms. The molecule has 7 heteroatoms. The summed E-state index contributed by atoms with van der Waals surface area (Å²) in [4.78, 5) is 21.5. The Morgan fingerprint density at radius 3 is 2.86 bits per heavy atom. The first-order valence-electron chi connectivity index (χ1n) is 9.93. The van der Waals surface area contributed by atoms with E-state index in [4.69, 9.17) is 4.98 Å². The SMILES string of the molecule is C=CCn1nc(C(=O)N(C)C)c2c1CCC(N(C)Cc1nc3ccccc3s1)C2. The second-order valence-electron chi connectivity index (χ2n) is 7.83. The molecule has 2 heterocycles. The van der Waals surface area contributed by atoms with E-state index in [1.165, 1.54) is 10.4 Å². The van der Waals surface area contributed by atoms with Gasteiger partial charge in [-0.1, -0.05) is 18.2 Å². The highest BCUT2D eigenvalue weighted by Crippen LogP contribution is 2.29. The maximum Gasteiger partial charge on any atom is 0.274 e. The zero-order valence-corrected chi connectivity index (χ0v) is 18.1. The Morgan fingerprint density at radius 1 is 1.34 bits per heavy atom. The van der Waals surface area contributed by atoms with Crippen LogP contribution in [-0.4, -0.2) is 57.7 Å². The molecule has 0 radical (unpaired) electrons. The molecule has 0 aliphatic heterocycles. The van der Waals surface area contributed by atoms with Gasteiger partial charge in [0.05, 0.1) is 23.3 Å². The fourth-order valence-corrected chi connectivity index (χ4v) is 5.06.